The third kappa shape index (κ3) is 4.72. The van der Waals surface area contributed by atoms with Crippen LogP contribution in [0.2, 0.25) is 0 Å². The largest absolute Gasteiger partial charge is 0.698 e. The van der Waals surface area contributed by atoms with Gasteiger partial charge in [0, 0.05) is 10.1 Å². The molecule has 24 heavy (non-hydrogen) atoms. The summed E-state index contributed by atoms with van der Waals surface area (Å²) in [6.45, 7) is 8.00. The van der Waals surface area contributed by atoms with E-state index in [0.717, 1.165) is 42.4 Å². The van der Waals surface area contributed by atoms with Crippen molar-refractivity contribution in [1.29, 1.82) is 0 Å². The van der Waals surface area contributed by atoms with Crippen LogP contribution in [0, 0.1) is 26.7 Å². The molecular weight excluding hydrogens is 323 g/mol. The van der Waals surface area contributed by atoms with Gasteiger partial charge in [-0.1, -0.05) is 37.0 Å². The number of benzene rings is 1. The molecule has 1 fully saturated rings. The molecule has 1 saturated carbocycles. The summed E-state index contributed by atoms with van der Waals surface area (Å²) in [7, 11) is -2.26. The molecule has 0 spiro atoms. The first-order chi connectivity index (χ1) is 11.4. The lowest BCUT2D eigenvalue weighted by Gasteiger charge is -2.26. The average molecular weight is 351 g/mol. The summed E-state index contributed by atoms with van der Waals surface area (Å²) in [5, 5.41) is 0. The highest BCUT2D eigenvalue weighted by molar-refractivity contribution is 7.33. The topological polar surface area (TPSA) is 52.6 Å². The number of rotatable bonds is 7. The van der Waals surface area contributed by atoms with Crippen LogP contribution in [0.3, 0.4) is 0 Å². The molecule has 1 aliphatic carbocycles. The number of hydrogen-bond donors (Lipinski definition) is 0. The third-order valence-corrected chi connectivity index (χ3v) is 5.56. The van der Waals surface area contributed by atoms with Crippen LogP contribution in [0.1, 0.15) is 66.1 Å². The van der Waals surface area contributed by atoms with Crippen molar-refractivity contribution in [3.63, 3.8) is 0 Å². The molecule has 0 saturated heterocycles. The number of aryl methyl sites for hydroxylation is 3. The van der Waals surface area contributed by atoms with Crippen LogP contribution in [0.5, 0.6) is 0 Å². The molecule has 0 amide bonds. The van der Waals surface area contributed by atoms with E-state index < -0.39 is 14.4 Å². The number of carbonyl (C=O) groups excluding carboxylic acids is 1. The van der Waals surface area contributed by atoms with Gasteiger partial charge in [-0.3, -0.25) is 4.79 Å². The van der Waals surface area contributed by atoms with Crippen LogP contribution in [0.25, 0.3) is 0 Å². The van der Waals surface area contributed by atoms with Crippen LogP contribution in [-0.2, 0) is 13.6 Å². The van der Waals surface area contributed by atoms with Crippen molar-refractivity contribution < 1.29 is 18.4 Å². The Kier molecular flexibility index (Phi) is 7.09. The van der Waals surface area contributed by atoms with Crippen LogP contribution < -0.4 is 0 Å². The number of Topliss-reactive ketones (excluding diaryl/α,β-unsaturated/α-hetero) is 1. The summed E-state index contributed by atoms with van der Waals surface area (Å²) >= 11 is 0. The van der Waals surface area contributed by atoms with Crippen LogP contribution in [0.4, 0.5) is 0 Å². The van der Waals surface area contributed by atoms with Crippen molar-refractivity contribution in [1.82, 2.24) is 0 Å². The number of carbonyl (C=O) groups is 1. The maximum Gasteiger partial charge on any atom is 0.698 e. The highest BCUT2D eigenvalue weighted by Gasteiger charge is 2.40. The maximum absolute atomic E-state index is 13.2. The van der Waals surface area contributed by atoms with E-state index in [1.165, 1.54) is 6.42 Å². The van der Waals surface area contributed by atoms with Crippen molar-refractivity contribution in [2.45, 2.75) is 65.9 Å². The molecule has 2 unspecified atom stereocenters. The Balaban J connectivity index is 2.31. The van der Waals surface area contributed by atoms with Crippen LogP contribution in [-0.4, -0.2) is 18.5 Å². The zero-order chi connectivity index (χ0) is 17.7. The Labute approximate surface area is 145 Å². The van der Waals surface area contributed by atoms with Gasteiger partial charge in [-0.05, 0) is 57.6 Å². The second-order valence-electron chi connectivity index (χ2n) is 6.70. The summed E-state index contributed by atoms with van der Waals surface area (Å²) in [6, 6.07) is 4.03. The highest BCUT2D eigenvalue weighted by atomic mass is 31.1. The van der Waals surface area contributed by atoms with Gasteiger partial charge in [0.1, 0.15) is 6.61 Å². The van der Waals surface area contributed by atoms with Crippen molar-refractivity contribution >= 4 is 14.0 Å². The van der Waals surface area contributed by atoms with E-state index in [1.807, 2.05) is 32.9 Å². The molecule has 1 aromatic rings. The van der Waals surface area contributed by atoms with Crippen molar-refractivity contribution in [2.24, 2.45) is 5.92 Å². The van der Waals surface area contributed by atoms with Gasteiger partial charge in [0.15, 0.2) is 11.9 Å². The lowest BCUT2D eigenvalue weighted by molar-refractivity contribution is 0.0580. The average Bonchev–Trinajstić information content (AvgIpc) is 2.52. The molecule has 0 heterocycles. The molecule has 0 bridgehead atoms. The van der Waals surface area contributed by atoms with Gasteiger partial charge < -0.3 is 0 Å². The van der Waals surface area contributed by atoms with E-state index >= 15 is 0 Å². The molecule has 0 N–H and O–H groups in total. The molecule has 4 nitrogen and oxygen atoms in total. The Morgan fingerprint density at radius 3 is 2.29 bits per heavy atom. The van der Waals surface area contributed by atoms with E-state index in [0.29, 0.717) is 12.2 Å². The zero-order valence-electron chi connectivity index (χ0n) is 15.1. The third-order valence-electron chi connectivity index (χ3n) is 4.69. The molecule has 1 aromatic carbocycles. The number of hydrogen-bond acceptors (Lipinski definition) is 4. The van der Waals surface area contributed by atoms with Gasteiger partial charge in [0.25, 0.3) is 0 Å². The molecule has 0 radical (unpaired) electrons. The lowest BCUT2D eigenvalue weighted by atomic mass is 9.81. The standard InChI is InChI=1S/C19H28O4P/c1-5-22-24(21)23-19(16-9-7-6-8-10-16)18(20)17-14(3)11-13(2)12-15(17)4/h11-12,16,19H,5-10H2,1-4H3/q+1. The Bertz CT molecular complexity index is 582. The Morgan fingerprint density at radius 2 is 1.75 bits per heavy atom. The molecular formula is C19H28O4P+. The van der Waals surface area contributed by atoms with Crippen molar-refractivity contribution in [2.75, 3.05) is 6.61 Å². The van der Waals surface area contributed by atoms with Gasteiger partial charge in [-0.25, -0.2) is 0 Å². The van der Waals surface area contributed by atoms with Crippen LogP contribution >= 0.6 is 8.25 Å². The van der Waals surface area contributed by atoms with E-state index in [9.17, 15) is 9.36 Å². The second kappa shape index (κ2) is 8.84. The first-order valence-corrected chi connectivity index (χ1v) is 9.92. The smallest absolute Gasteiger partial charge is 0.291 e. The summed E-state index contributed by atoms with van der Waals surface area (Å²) in [6.07, 6.45) is 4.58. The van der Waals surface area contributed by atoms with Gasteiger partial charge in [0.2, 0.25) is 0 Å². The number of ketones is 1. The SMILES string of the molecule is CCO[P+](=O)OC(C(=O)c1c(C)cc(C)cc1C)C1CCCCC1. The quantitative estimate of drug-likeness (QED) is 0.484. The fraction of sp³-hybridized carbons (Fsp3) is 0.632. The molecule has 2 atom stereocenters. The molecule has 0 aromatic heterocycles. The minimum absolute atomic E-state index is 0.0556. The summed E-state index contributed by atoms with van der Waals surface area (Å²) in [4.78, 5) is 13.2. The van der Waals surface area contributed by atoms with E-state index in [2.05, 4.69) is 0 Å². The molecule has 2 rings (SSSR count). The monoisotopic (exact) mass is 351 g/mol. The molecule has 0 aliphatic heterocycles. The van der Waals surface area contributed by atoms with E-state index in [-0.39, 0.29) is 11.7 Å². The molecule has 132 valence electrons. The Morgan fingerprint density at radius 1 is 1.17 bits per heavy atom. The Hall–Kier alpha value is -1.09. The maximum atomic E-state index is 13.2. The van der Waals surface area contributed by atoms with Gasteiger partial charge in [-0.2, -0.15) is 0 Å². The zero-order valence-corrected chi connectivity index (χ0v) is 16.0. The first-order valence-electron chi connectivity index (χ1n) is 8.83. The van der Waals surface area contributed by atoms with E-state index in [1.54, 1.807) is 6.92 Å². The minimum Gasteiger partial charge on any atom is -0.291 e. The predicted molar refractivity (Wildman–Crippen MR) is 95.7 cm³/mol. The molecule has 1 aliphatic rings. The first kappa shape index (κ1) is 19.2. The van der Waals surface area contributed by atoms with Crippen molar-refractivity contribution in [3.05, 3.63) is 34.4 Å². The highest BCUT2D eigenvalue weighted by Crippen LogP contribution is 2.37. The lowest BCUT2D eigenvalue weighted by Crippen LogP contribution is -2.33. The van der Waals surface area contributed by atoms with Gasteiger partial charge >= 0.3 is 8.25 Å². The van der Waals surface area contributed by atoms with E-state index in [4.69, 9.17) is 9.05 Å². The predicted octanol–water partition coefficient (Wildman–Crippen LogP) is 5.45. The normalized spacial score (nSPS) is 17.6. The fourth-order valence-electron chi connectivity index (χ4n) is 3.72. The summed E-state index contributed by atoms with van der Waals surface area (Å²) in [5.74, 6) is 0.0608. The van der Waals surface area contributed by atoms with Gasteiger partial charge in [0.05, 0.1) is 0 Å². The second-order valence-corrected chi connectivity index (χ2v) is 7.62. The minimum atomic E-state index is -2.26. The van der Waals surface area contributed by atoms with Crippen molar-refractivity contribution in [3.8, 4) is 0 Å². The fourth-order valence-corrected chi connectivity index (χ4v) is 4.45. The summed E-state index contributed by atoms with van der Waals surface area (Å²) < 4.78 is 22.7. The summed E-state index contributed by atoms with van der Waals surface area (Å²) in [5.41, 5.74) is 3.75. The molecule has 5 heteroatoms. The van der Waals surface area contributed by atoms with Crippen LogP contribution in [0.15, 0.2) is 12.1 Å². The van der Waals surface area contributed by atoms with Gasteiger partial charge in [-0.15, -0.1) is 9.05 Å².